The van der Waals surface area contributed by atoms with E-state index in [0.717, 1.165) is 83.5 Å². The van der Waals surface area contributed by atoms with Gasteiger partial charge in [-0.15, -0.1) is 0 Å². The molecule has 0 aromatic heterocycles. The molecule has 348 valence electrons. The molecular weight excluding hydrogens is 745 g/mol. The molecule has 0 spiro atoms. The maximum atomic E-state index is 12.8. The number of hydrogen-bond donors (Lipinski definition) is 0. The molecule has 0 saturated heterocycles. The Bertz CT molecular complexity index is 1060. The predicted molar refractivity (Wildman–Crippen MR) is 256 cm³/mol. The van der Waals surface area contributed by atoms with Crippen molar-refractivity contribution in [3.8, 4) is 0 Å². The Labute approximate surface area is 371 Å². The number of hydrogen-bond acceptors (Lipinski definition) is 6. The summed E-state index contributed by atoms with van der Waals surface area (Å²) in [5.41, 5.74) is 0. The molecule has 1 unspecified atom stereocenters. The zero-order chi connectivity index (χ0) is 43.7. The molecular formula is C54H96O6. The zero-order valence-electron chi connectivity index (χ0n) is 39.7. The van der Waals surface area contributed by atoms with E-state index in [1.54, 1.807) is 0 Å². The van der Waals surface area contributed by atoms with Crippen LogP contribution in [0.3, 0.4) is 0 Å². The van der Waals surface area contributed by atoms with Gasteiger partial charge in [-0.05, 0) is 64.2 Å². The Balaban J connectivity index is 4.38. The van der Waals surface area contributed by atoms with E-state index in [1.165, 1.54) is 135 Å². The van der Waals surface area contributed by atoms with Crippen LogP contribution in [0, 0.1) is 0 Å². The van der Waals surface area contributed by atoms with Gasteiger partial charge in [-0.2, -0.15) is 0 Å². The highest BCUT2D eigenvalue weighted by Crippen LogP contribution is 2.15. The van der Waals surface area contributed by atoms with Crippen molar-refractivity contribution in [3.63, 3.8) is 0 Å². The lowest BCUT2D eigenvalue weighted by molar-refractivity contribution is -0.167. The Kier molecular flexibility index (Phi) is 46.9. The minimum Gasteiger partial charge on any atom is -0.462 e. The van der Waals surface area contributed by atoms with Crippen LogP contribution in [0.15, 0.2) is 48.6 Å². The van der Waals surface area contributed by atoms with Crippen LogP contribution < -0.4 is 0 Å². The van der Waals surface area contributed by atoms with Crippen LogP contribution in [0.4, 0.5) is 0 Å². The standard InChI is InChI=1S/C54H96O6/c1-4-7-10-13-16-19-22-25-27-30-32-35-38-41-44-47-53(56)59-50-51(49-58-52(55)46-43-40-37-34-31-28-24-21-18-15-12-9-6-3)60-54(57)48-45-42-39-36-33-29-26-23-20-17-14-11-8-5-2/h9,12,15,18-19,21-22,24,51H,4-8,10-11,13-14,16-17,20,23,25-50H2,1-3H3/b12-9+,18-15+,22-19+,24-21+. The van der Waals surface area contributed by atoms with Crippen LogP contribution in [0.5, 0.6) is 0 Å². The zero-order valence-corrected chi connectivity index (χ0v) is 39.7. The molecule has 0 aliphatic rings. The minimum atomic E-state index is -0.779. The maximum absolute atomic E-state index is 12.8. The summed E-state index contributed by atoms with van der Waals surface area (Å²) in [6.07, 6.45) is 58.0. The molecule has 0 bridgehead atoms. The molecule has 1 atom stereocenters. The molecule has 0 fully saturated rings. The fraction of sp³-hybridized carbons (Fsp3) is 0.796. The average Bonchev–Trinajstić information content (AvgIpc) is 3.24. The van der Waals surface area contributed by atoms with E-state index in [4.69, 9.17) is 14.2 Å². The lowest BCUT2D eigenvalue weighted by Gasteiger charge is -2.18. The van der Waals surface area contributed by atoms with Crippen LogP contribution in [0.25, 0.3) is 0 Å². The molecule has 0 aromatic carbocycles. The van der Waals surface area contributed by atoms with Crippen LogP contribution in [0.2, 0.25) is 0 Å². The molecule has 0 aliphatic heterocycles. The molecule has 6 nitrogen and oxygen atoms in total. The van der Waals surface area contributed by atoms with Crippen molar-refractivity contribution in [2.24, 2.45) is 0 Å². The van der Waals surface area contributed by atoms with Crippen molar-refractivity contribution < 1.29 is 28.6 Å². The summed E-state index contributed by atoms with van der Waals surface area (Å²) in [6, 6.07) is 0. The second-order valence-corrected chi connectivity index (χ2v) is 17.1. The molecule has 0 heterocycles. The first-order chi connectivity index (χ1) is 29.5. The van der Waals surface area contributed by atoms with Gasteiger partial charge < -0.3 is 14.2 Å². The Morgan fingerprint density at radius 3 is 1.07 bits per heavy atom. The Morgan fingerprint density at radius 1 is 0.350 bits per heavy atom. The molecule has 6 heteroatoms. The summed E-state index contributed by atoms with van der Waals surface area (Å²) in [5, 5.41) is 0. The first kappa shape index (κ1) is 57.4. The molecule has 60 heavy (non-hydrogen) atoms. The van der Waals surface area contributed by atoms with Gasteiger partial charge in [0.1, 0.15) is 13.2 Å². The fourth-order valence-corrected chi connectivity index (χ4v) is 7.26. The largest absolute Gasteiger partial charge is 0.462 e. The number of rotatable bonds is 46. The topological polar surface area (TPSA) is 78.9 Å². The third-order valence-corrected chi connectivity index (χ3v) is 11.1. The second-order valence-electron chi connectivity index (χ2n) is 17.1. The number of carbonyl (C=O) groups is 3. The van der Waals surface area contributed by atoms with E-state index >= 15 is 0 Å². The number of esters is 3. The highest BCUT2D eigenvalue weighted by Gasteiger charge is 2.19. The normalized spacial score (nSPS) is 12.4. The number of carbonyl (C=O) groups excluding carboxylic acids is 3. The van der Waals surface area contributed by atoms with Gasteiger partial charge in [0, 0.05) is 19.3 Å². The summed E-state index contributed by atoms with van der Waals surface area (Å²) >= 11 is 0. The lowest BCUT2D eigenvalue weighted by atomic mass is 10.0. The van der Waals surface area contributed by atoms with Crippen LogP contribution in [0.1, 0.15) is 258 Å². The van der Waals surface area contributed by atoms with Gasteiger partial charge in [-0.25, -0.2) is 0 Å². The summed E-state index contributed by atoms with van der Waals surface area (Å²) < 4.78 is 16.8. The molecule has 0 aromatic rings. The van der Waals surface area contributed by atoms with Crippen molar-refractivity contribution in [1.82, 2.24) is 0 Å². The average molecular weight is 841 g/mol. The summed E-state index contributed by atoms with van der Waals surface area (Å²) in [7, 11) is 0. The van der Waals surface area contributed by atoms with Crippen molar-refractivity contribution >= 4 is 17.9 Å². The van der Waals surface area contributed by atoms with Gasteiger partial charge in [0.2, 0.25) is 0 Å². The van der Waals surface area contributed by atoms with Crippen LogP contribution in [-0.2, 0) is 28.6 Å². The monoisotopic (exact) mass is 841 g/mol. The Hall–Kier alpha value is -2.63. The SMILES string of the molecule is CC/C=C/C=C/C=C/CCCCCCCC(=O)OCC(COC(=O)CCCCCCCCC/C=C/CCCCCC)OC(=O)CCCCCCCCCCCCCCCC. The van der Waals surface area contributed by atoms with Crippen molar-refractivity contribution in [1.29, 1.82) is 0 Å². The molecule has 0 amide bonds. The highest BCUT2D eigenvalue weighted by molar-refractivity contribution is 5.71. The lowest BCUT2D eigenvalue weighted by Crippen LogP contribution is -2.30. The summed E-state index contributed by atoms with van der Waals surface area (Å²) in [6.45, 7) is 6.49. The third-order valence-electron chi connectivity index (χ3n) is 11.1. The first-order valence-electron chi connectivity index (χ1n) is 25.7. The first-order valence-corrected chi connectivity index (χ1v) is 25.7. The maximum Gasteiger partial charge on any atom is 0.306 e. The molecule has 0 aliphatic carbocycles. The second kappa shape index (κ2) is 49.0. The van der Waals surface area contributed by atoms with E-state index in [2.05, 4.69) is 69.4 Å². The van der Waals surface area contributed by atoms with Crippen LogP contribution in [-0.4, -0.2) is 37.2 Å². The Morgan fingerprint density at radius 2 is 0.667 bits per heavy atom. The van der Waals surface area contributed by atoms with Gasteiger partial charge in [0.15, 0.2) is 6.10 Å². The third kappa shape index (κ3) is 46.4. The van der Waals surface area contributed by atoms with E-state index in [1.807, 2.05) is 0 Å². The van der Waals surface area contributed by atoms with Crippen molar-refractivity contribution in [2.75, 3.05) is 13.2 Å². The summed E-state index contributed by atoms with van der Waals surface area (Å²) in [5.74, 6) is -0.897. The predicted octanol–water partition coefficient (Wildman–Crippen LogP) is 16.7. The van der Waals surface area contributed by atoms with E-state index in [-0.39, 0.29) is 31.1 Å². The summed E-state index contributed by atoms with van der Waals surface area (Å²) in [4.78, 5) is 37.9. The molecule has 0 rings (SSSR count). The van der Waals surface area contributed by atoms with Gasteiger partial charge in [-0.3, -0.25) is 14.4 Å². The van der Waals surface area contributed by atoms with Crippen molar-refractivity contribution in [2.45, 2.75) is 264 Å². The number of allylic oxidation sites excluding steroid dienone is 8. The quantitative estimate of drug-likeness (QED) is 0.0200. The molecule has 0 saturated carbocycles. The molecule has 0 radical (unpaired) electrons. The molecule has 0 N–H and O–H groups in total. The van der Waals surface area contributed by atoms with Gasteiger partial charge in [0.25, 0.3) is 0 Å². The number of ether oxygens (including phenoxy) is 3. The fourth-order valence-electron chi connectivity index (χ4n) is 7.26. The highest BCUT2D eigenvalue weighted by atomic mass is 16.6. The van der Waals surface area contributed by atoms with Gasteiger partial charge in [0.05, 0.1) is 0 Å². The van der Waals surface area contributed by atoms with Crippen LogP contribution >= 0.6 is 0 Å². The van der Waals surface area contributed by atoms with Gasteiger partial charge in [-0.1, -0.05) is 223 Å². The van der Waals surface area contributed by atoms with E-state index in [0.29, 0.717) is 19.3 Å². The smallest absolute Gasteiger partial charge is 0.306 e. The van der Waals surface area contributed by atoms with E-state index in [9.17, 15) is 14.4 Å². The minimum absolute atomic E-state index is 0.0799. The van der Waals surface area contributed by atoms with Crippen molar-refractivity contribution in [3.05, 3.63) is 48.6 Å². The number of unbranched alkanes of at least 4 members (excludes halogenated alkanes) is 29. The van der Waals surface area contributed by atoms with E-state index < -0.39 is 6.10 Å². The van der Waals surface area contributed by atoms with Gasteiger partial charge >= 0.3 is 17.9 Å².